The van der Waals surface area contributed by atoms with E-state index >= 15 is 0 Å². The average Bonchev–Trinajstić information content (AvgIpc) is 2.50. The fourth-order valence-electron chi connectivity index (χ4n) is 3.67. The molecule has 1 N–H and O–H groups in total. The molecule has 0 radical (unpaired) electrons. The molecule has 4 nitrogen and oxygen atoms in total. The summed E-state index contributed by atoms with van der Waals surface area (Å²) in [5.41, 5.74) is 1.03. The van der Waals surface area contributed by atoms with Crippen LogP contribution in [0.1, 0.15) is 19.8 Å². The van der Waals surface area contributed by atoms with Crippen molar-refractivity contribution in [1.82, 2.24) is 4.90 Å². The first-order chi connectivity index (χ1) is 9.66. The third kappa shape index (κ3) is 2.40. The lowest BCUT2D eigenvalue weighted by Crippen LogP contribution is -2.60. The van der Waals surface area contributed by atoms with Crippen molar-refractivity contribution in [2.45, 2.75) is 31.8 Å². The lowest BCUT2D eigenvalue weighted by atomic mass is 9.82. The molecular formula is C16H22N2O2. The first-order valence-corrected chi connectivity index (χ1v) is 7.45. The second-order valence-electron chi connectivity index (χ2n) is 5.96. The number of nitrogens with zero attached hydrogens (tertiary/aromatic N) is 2. The SMILES string of the molecule is CC(C(=O)O)N(c1ccccc1)[C@@H]1CN2CCC1CC2. The second-order valence-corrected chi connectivity index (χ2v) is 5.96. The maximum atomic E-state index is 11.5. The minimum absolute atomic E-state index is 0.325. The number of carboxylic acids is 1. The van der Waals surface area contributed by atoms with Crippen molar-refractivity contribution in [2.75, 3.05) is 24.5 Å². The minimum Gasteiger partial charge on any atom is -0.480 e. The van der Waals surface area contributed by atoms with Crippen LogP contribution in [-0.2, 0) is 4.79 Å². The highest BCUT2D eigenvalue weighted by Gasteiger charge is 2.40. The van der Waals surface area contributed by atoms with Crippen molar-refractivity contribution in [3.8, 4) is 0 Å². The van der Waals surface area contributed by atoms with Crippen LogP contribution in [0, 0.1) is 5.92 Å². The Bertz CT molecular complexity index is 469. The Balaban J connectivity index is 1.91. The summed E-state index contributed by atoms with van der Waals surface area (Å²) >= 11 is 0. The van der Waals surface area contributed by atoms with Gasteiger partial charge in [0.1, 0.15) is 6.04 Å². The summed E-state index contributed by atoms with van der Waals surface area (Å²) in [4.78, 5) is 16.1. The van der Waals surface area contributed by atoms with Gasteiger partial charge in [-0.2, -0.15) is 0 Å². The van der Waals surface area contributed by atoms with E-state index in [0.717, 1.165) is 12.2 Å². The molecule has 0 spiro atoms. The molecule has 0 saturated carbocycles. The van der Waals surface area contributed by atoms with Gasteiger partial charge in [0.2, 0.25) is 0 Å². The molecule has 1 aromatic rings. The Kier molecular flexibility index (Phi) is 3.66. The van der Waals surface area contributed by atoms with Gasteiger partial charge in [-0.1, -0.05) is 18.2 Å². The van der Waals surface area contributed by atoms with E-state index in [1.165, 1.54) is 25.9 Å². The number of aliphatic carboxylic acids is 1. The number of anilines is 1. The number of hydrogen-bond donors (Lipinski definition) is 1. The first-order valence-electron chi connectivity index (χ1n) is 7.45. The van der Waals surface area contributed by atoms with E-state index in [4.69, 9.17) is 0 Å². The lowest BCUT2D eigenvalue weighted by molar-refractivity contribution is -0.138. The van der Waals surface area contributed by atoms with Gasteiger partial charge in [0.05, 0.1) is 0 Å². The number of piperidine rings is 3. The number of fused-ring (bicyclic) bond motifs is 3. The number of carboxylic acid groups (broad SMARTS) is 1. The Morgan fingerprint density at radius 3 is 2.45 bits per heavy atom. The van der Waals surface area contributed by atoms with Gasteiger partial charge in [-0.15, -0.1) is 0 Å². The summed E-state index contributed by atoms with van der Waals surface area (Å²) in [6, 6.07) is 9.84. The summed E-state index contributed by atoms with van der Waals surface area (Å²) in [6.45, 7) is 5.14. The summed E-state index contributed by atoms with van der Waals surface area (Å²) in [6.07, 6.45) is 2.39. The van der Waals surface area contributed by atoms with Gasteiger partial charge >= 0.3 is 5.97 Å². The van der Waals surface area contributed by atoms with E-state index in [2.05, 4.69) is 9.80 Å². The van der Waals surface area contributed by atoms with Gasteiger partial charge in [-0.3, -0.25) is 0 Å². The van der Waals surface area contributed by atoms with Gasteiger partial charge in [-0.05, 0) is 50.9 Å². The largest absolute Gasteiger partial charge is 0.480 e. The number of hydrogen-bond acceptors (Lipinski definition) is 3. The molecule has 2 atom stereocenters. The summed E-state index contributed by atoms with van der Waals surface area (Å²) < 4.78 is 0. The van der Waals surface area contributed by atoms with Crippen LogP contribution in [0.4, 0.5) is 5.69 Å². The minimum atomic E-state index is -0.745. The molecule has 0 aromatic heterocycles. The van der Waals surface area contributed by atoms with Crippen LogP contribution in [0.25, 0.3) is 0 Å². The fourth-order valence-corrected chi connectivity index (χ4v) is 3.67. The van der Waals surface area contributed by atoms with Crippen molar-refractivity contribution in [2.24, 2.45) is 5.92 Å². The summed E-state index contributed by atoms with van der Waals surface area (Å²) in [5, 5.41) is 9.46. The summed E-state index contributed by atoms with van der Waals surface area (Å²) in [7, 11) is 0. The van der Waals surface area contributed by atoms with E-state index in [-0.39, 0.29) is 0 Å². The van der Waals surface area contributed by atoms with Crippen LogP contribution in [0.5, 0.6) is 0 Å². The maximum absolute atomic E-state index is 11.5. The van der Waals surface area contributed by atoms with Gasteiger partial charge in [-0.25, -0.2) is 4.79 Å². The molecular weight excluding hydrogens is 252 g/mol. The van der Waals surface area contributed by atoms with Gasteiger partial charge in [0.15, 0.2) is 0 Å². The standard InChI is InChI=1S/C16H22N2O2/c1-12(16(19)20)18(14-5-3-2-4-6-14)15-11-17-9-7-13(15)8-10-17/h2-6,12-13,15H,7-11H2,1H3,(H,19,20)/t12?,15-/m1/s1. The molecule has 4 rings (SSSR count). The highest BCUT2D eigenvalue weighted by molar-refractivity contribution is 5.78. The number of benzene rings is 1. The molecule has 1 unspecified atom stereocenters. The summed E-state index contributed by atoms with van der Waals surface area (Å²) in [5.74, 6) is -0.118. The van der Waals surface area contributed by atoms with Crippen LogP contribution in [0.3, 0.4) is 0 Å². The molecule has 3 fully saturated rings. The smallest absolute Gasteiger partial charge is 0.326 e. The van der Waals surface area contributed by atoms with Crippen LogP contribution >= 0.6 is 0 Å². The van der Waals surface area contributed by atoms with Gasteiger partial charge < -0.3 is 14.9 Å². The van der Waals surface area contributed by atoms with Crippen molar-refractivity contribution in [3.05, 3.63) is 30.3 Å². The predicted octanol–water partition coefficient (Wildman–Crippen LogP) is 2.06. The number of para-hydroxylation sites is 1. The highest BCUT2D eigenvalue weighted by Crippen LogP contribution is 2.34. The van der Waals surface area contributed by atoms with Gasteiger partial charge in [0.25, 0.3) is 0 Å². The third-order valence-corrected chi connectivity index (χ3v) is 4.81. The van der Waals surface area contributed by atoms with Crippen molar-refractivity contribution in [3.63, 3.8) is 0 Å². The molecule has 0 amide bonds. The third-order valence-electron chi connectivity index (χ3n) is 4.81. The molecule has 0 aliphatic carbocycles. The van der Waals surface area contributed by atoms with E-state index in [1.54, 1.807) is 6.92 Å². The quantitative estimate of drug-likeness (QED) is 0.912. The van der Waals surface area contributed by atoms with Gasteiger partial charge in [0, 0.05) is 18.3 Å². The molecule has 3 aliphatic rings. The molecule has 2 bridgehead atoms. The molecule has 1 aromatic carbocycles. The predicted molar refractivity (Wildman–Crippen MR) is 79.0 cm³/mol. The Hall–Kier alpha value is -1.55. The monoisotopic (exact) mass is 274 g/mol. The topological polar surface area (TPSA) is 43.8 Å². The molecule has 108 valence electrons. The second kappa shape index (κ2) is 5.44. The highest BCUT2D eigenvalue weighted by atomic mass is 16.4. The first kappa shape index (κ1) is 13.4. The van der Waals surface area contributed by atoms with Crippen molar-refractivity contribution in [1.29, 1.82) is 0 Å². The zero-order chi connectivity index (χ0) is 14.1. The number of rotatable bonds is 4. The van der Waals surface area contributed by atoms with Crippen LogP contribution < -0.4 is 4.90 Å². The molecule has 3 heterocycles. The zero-order valence-electron chi connectivity index (χ0n) is 11.9. The van der Waals surface area contributed by atoms with Crippen molar-refractivity contribution < 1.29 is 9.90 Å². The Morgan fingerprint density at radius 2 is 1.95 bits per heavy atom. The van der Waals surface area contributed by atoms with E-state index in [9.17, 15) is 9.90 Å². The Morgan fingerprint density at radius 1 is 1.30 bits per heavy atom. The van der Waals surface area contributed by atoms with E-state index < -0.39 is 12.0 Å². The molecule has 4 heteroatoms. The fraction of sp³-hybridized carbons (Fsp3) is 0.562. The normalized spacial score (nSPS) is 29.9. The van der Waals surface area contributed by atoms with Crippen LogP contribution in [0.15, 0.2) is 30.3 Å². The maximum Gasteiger partial charge on any atom is 0.326 e. The van der Waals surface area contributed by atoms with Crippen LogP contribution in [0.2, 0.25) is 0 Å². The molecule has 3 aliphatic heterocycles. The zero-order valence-corrected chi connectivity index (χ0v) is 11.9. The Labute approximate surface area is 120 Å². The molecule has 3 saturated heterocycles. The lowest BCUT2D eigenvalue weighted by Gasteiger charge is -2.50. The average molecular weight is 274 g/mol. The number of carbonyl (C=O) groups is 1. The van der Waals surface area contributed by atoms with Crippen LogP contribution in [-0.4, -0.2) is 47.7 Å². The van der Waals surface area contributed by atoms with E-state index in [0.29, 0.717) is 12.0 Å². The molecule has 20 heavy (non-hydrogen) atoms. The van der Waals surface area contributed by atoms with E-state index in [1.807, 2.05) is 30.3 Å². The van der Waals surface area contributed by atoms with Crippen molar-refractivity contribution >= 4 is 11.7 Å².